The molecule has 2 aliphatic rings. The fraction of sp³-hybridized carbons (Fsp3) is 0.261. The third kappa shape index (κ3) is 3.67. The highest BCUT2D eigenvalue weighted by molar-refractivity contribution is 6.30. The number of nitrogens with zero attached hydrogens (tertiary/aromatic N) is 4. The molecule has 2 aromatic carbocycles. The van der Waals surface area contributed by atoms with Gasteiger partial charge in [0.15, 0.2) is 0 Å². The summed E-state index contributed by atoms with van der Waals surface area (Å²) in [6.07, 6.45) is 0.683. The predicted molar refractivity (Wildman–Crippen MR) is 115 cm³/mol. The number of hydrogen-bond donors (Lipinski definition) is 0. The van der Waals surface area contributed by atoms with Crippen molar-refractivity contribution in [3.05, 3.63) is 70.6 Å². The molecule has 3 amide bonds. The maximum Gasteiger partial charge on any atom is 0.261 e. The average Bonchev–Trinajstić information content (AvgIpc) is 3.33. The van der Waals surface area contributed by atoms with Crippen LogP contribution < -0.4 is 0 Å². The summed E-state index contributed by atoms with van der Waals surface area (Å²) in [5, 5.41) is 4.60. The van der Waals surface area contributed by atoms with E-state index in [1.807, 2.05) is 12.1 Å². The van der Waals surface area contributed by atoms with Crippen LogP contribution in [0.15, 0.2) is 53.1 Å². The van der Waals surface area contributed by atoms with Crippen molar-refractivity contribution in [1.29, 1.82) is 0 Å². The summed E-state index contributed by atoms with van der Waals surface area (Å²) >= 11 is 6.01. The Balaban J connectivity index is 1.11. The molecule has 0 bridgehead atoms. The second kappa shape index (κ2) is 8.20. The van der Waals surface area contributed by atoms with Gasteiger partial charge in [-0.1, -0.05) is 41.0 Å². The molecule has 0 saturated carbocycles. The highest BCUT2D eigenvalue weighted by Gasteiger charge is 2.37. The Morgan fingerprint density at radius 3 is 2.47 bits per heavy atom. The zero-order valence-electron chi connectivity index (χ0n) is 17.0. The molecular weight excluding hydrogens is 432 g/mol. The van der Waals surface area contributed by atoms with Gasteiger partial charge in [0.2, 0.25) is 17.6 Å². The van der Waals surface area contributed by atoms with Gasteiger partial charge in [0, 0.05) is 36.6 Å². The number of halogens is 1. The second-order valence-electron chi connectivity index (χ2n) is 7.87. The van der Waals surface area contributed by atoms with Gasteiger partial charge in [-0.3, -0.25) is 19.3 Å². The molecule has 1 saturated heterocycles. The van der Waals surface area contributed by atoms with Crippen molar-refractivity contribution in [2.45, 2.75) is 18.8 Å². The van der Waals surface area contributed by atoms with Crippen LogP contribution in [0.1, 0.15) is 45.4 Å². The fourth-order valence-electron chi connectivity index (χ4n) is 3.97. The van der Waals surface area contributed by atoms with Crippen LogP contribution in [0.5, 0.6) is 0 Å². The Kier molecular flexibility index (Phi) is 5.22. The molecule has 0 aliphatic carbocycles. The smallest absolute Gasteiger partial charge is 0.261 e. The van der Waals surface area contributed by atoms with Gasteiger partial charge in [-0.25, -0.2) is 0 Å². The van der Waals surface area contributed by atoms with E-state index in [9.17, 15) is 14.4 Å². The number of carbonyl (C=O) groups is 3. The van der Waals surface area contributed by atoms with Gasteiger partial charge in [0.05, 0.1) is 17.0 Å². The summed E-state index contributed by atoms with van der Waals surface area (Å²) in [6.45, 7) is 1.23. The summed E-state index contributed by atoms with van der Waals surface area (Å²) in [6, 6.07) is 14.0. The minimum Gasteiger partial charge on any atom is -0.341 e. The maximum atomic E-state index is 12.5. The SMILES string of the molecule is O=C(CCCN1C(=O)c2ccccc2C1=O)N1CC(c2nc(-c3cccc(Cl)c3)no2)C1. The molecule has 0 spiro atoms. The number of likely N-dealkylation sites (tertiary alicyclic amines) is 1. The topological polar surface area (TPSA) is 96.6 Å². The highest BCUT2D eigenvalue weighted by atomic mass is 35.5. The van der Waals surface area contributed by atoms with Gasteiger partial charge in [0.25, 0.3) is 11.8 Å². The van der Waals surface area contributed by atoms with Gasteiger partial charge in [-0.2, -0.15) is 4.98 Å². The van der Waals surface area contributed by atoms with E-state index in [1.165, 1.54) is 4.90 Å². The lowest BCUT2D eigenvalue weighted by molar-refractivity contribution is -0.136. The zero-order chi connectivity index (χ0) is 22.2. The van der Waals surface area contributed by atoms with Gasteiger partial charge < -0.3 is 9.42 Å². The Labute approximate surface area is 188 Å². The third-order valence-electron chi connectivity index (χ3n) is 5.76. The minimum atomic E-state index is -0.297. The first-order valence-electron chi connectivity index (χ1n) is 10.3. The first kappa shape index (κ1) is 20.4. The van der Waals surface area contributed by atoms with Gasteiger partial charge in [0.1, 0.15) is 0 Å². The van der Waals surface area contributed by atoms with E-state index < -0.39 is 0 Å². The lowest BCUT2D eigenvalue weighted by Gasteiger charge is -2.37. The summed E-state index contributed by atoms with van der Waals surface area (Å²) in [7, 11) is 0. The quantitative estimate of drug-likeness (QED) is 0.534. The summed E-state index contributed by atoms with van der Waals surface area (Å²) in [5.74, 6) is 0.342. The molecule has 1 fully saturated rings. The average molecular weight is 451 g/mol. The van der Waals surface area contributed by atoms with Crippen LogP contribution in [0.4, 0.5) is 0 Å². The van der Waals surface area contributed by atoms with Crippen LogP contribution in [-0.2, 0) is 4.79 Å². The Bertz CT molecular complexity index is 1180. The number of carbonyl (C=O) groups excluding carboxylic acids is 3. The predicted octanol–water partition coefficient (Wildman–Crippen LogP) is 3.39. The number of benzene rings is 2. The summed E-state index contributed by atoms with van der Waals surface area (Å²) < 4.78 is 5.37. The highest BCUT2D eigenvalue weighted by Crippen LogP contribution is 2.29. The van der Waals surface area contributed by atoms with Crippen molar-refractivity contribution in [3.8, 4) is 11.4 Å². The molecule has 0 N–H and O–H groups in total. The van der Waals surface area contributed by atoms with Crippen LogP contribution in [0.25, 0.3) is 11.4 Å². The first-order chi connectivity index (χ1) is 15.5. The van der Waals surface area contributed by atoms with Crippen molar-refractivity contribution in [1.82, 2.24) is 19.9 Å². The molecule has 0 unspecified atom stereocenters. The molecule has 2 aliphatic heterocycles. The number of fused-ring (bicyclic) bond motifs is 1. The largest absolute Gasteiger partial charge is 0.341 e. The number of hydrogen-bond acceptors (Lipinski definition) is 6. The normalized spacial score (nSPS) is 15.8. The lowest BCUT2D eigenvalue weighted by Crippen LogP contribution is -2.48. The van der Waals surface area contributed by atoms with Crippen molar-refractivity contribution in [2.24, 2.45) is 0 Å². The van der Waals surface area contributed by atoms with E-state index in [0.717, 1.165) is 5.56 Å². The van der Waals surface area contributed by atoms with Gasteiger partial charge in [-0.15, -0.1) is 0 Å². The Morgan fingerprint density at radius 2 is 1.78 bits per heavy atom. The third-order valence-corrected chi connectivity index (χ3v) is 5.99. The molecular formula is C23H19ClN4O4. The number of rotatable bonds is 6. The van der Waals surface area contributed by atoms with E-state index >= 15 is 0 Å². The number of amides is 3. The van der Waals surface area contributed by atoms with Gasteiger partial charge >= 0.3 is 0 Å². The van der Waals surface area contributed by atoms with E-state index in [4.69, 9.17) is 16.1 Å². The molecule has 162 valence electrons. The van der Waals surface area contributed by atoms with E-state index in [0.29, 0.717) is 47.4 Å². The lowest BCUT2D eigenvalue weighted by atomic mass is 9.99. The van der Waals surface area contributed by atoms with Crippen molar-refractivity contribution in [2.75, 3.05) is 19.6 Å². The van der Waals surface area contributed by atoms with E-state index in [2.05, 4.69) is 10.1 Å². The van der Waals surface area contributed by atoms with Crippen LogP contribution in [0.3, 0.4) is 0 Å². The zero-order valence-corrected chi connectivity index (χ0v) is 17.8. The molecule has 3 heterocycles. The number of imide groups is 1. The fourth-order valence-corrected chi connectivity index (χ4v) is 4.16. The van der Waals surface area contributed by atoms with Crippen molar-refractivity contribution in [3.63, 3.8) is 0 Å². The van der Waals surface area contributed by atoms with Crippen LogP contribution in [0.2, 0.25) is 5.02 Å². The molecule has 1 aromatic heterocycles. The summed E-state index contributed by atoms with van der Waals surface area (Å²) in [5.41, 5.74) is 1.62. The van der Waals surface area contributed by atoms with Crippen LogP contribution in [0, 0.1) is 0 Å². The summed E-state index contributed by atoms with van der Waals surface area (Å²) in [4.78, 5) is 44.6. The van der Waals surface area contributed by atoms with E-state index in [-0.39, 0.29) is 36.6 Å². The second-order valence-corrected chi connectivity index (χ2v) is 8.31. The van der Waals surface area contributed by atoms with E-state index in [1.54, 1.807) is 41.3 Å². The molecule has 5 rings (SSSR count). The maximum absolute atomic E-state index is 12.5. The molecule has 32 heavy (non-hydrogen) atoms. The molecule has 0 radical (unpaired) electrons. The van der Waals surface area contributed by atoms with Gasteiger partial charge in [-0.05, 0) is 30.7 Å². The first-order valence-corrected chi connectivity index (χ1v) is 10.7. The molecule has 3 aromatic rings. The van der Waals surface area contributed by atoms with Crippen LogP contribution >= 0.6 is 11.6 Å². The monoisotopic (exact) mass is 450 g/mol. The van der Waals surface area contributed by atoms with Crippen LogP contribution in [-0.4, -0.2) is 57.3 Å². The van der Waals surface area contributed by atoms with Crippen molar-refractivity contribution >= 4 is 29.3 Å². The van der Waals surface area contributed by atoms with Crippen molar-refractivity contribution < 1.29 is 18.9 Å². The Hall–Kier alpha value is -3.52. The standard InChI is InChI=1S/C23H19ClN4O4/c24-16-6-3-5-14(11-16)20-25-21(32-26-20)15-12-27(13-15)19(29)9-4-10-28-22(30)17-7-1-2-8-18(17)23(28)31/h1-3,5-8,11,15H,4,9-10,12-13H2. The minimum absolute atomic E-state index is 0.00405. The molecule has 9 heteroatoms. The number of aromatic nitrogens is 2. The Morgan fingerprint density at radius 1 is 1.06 bits per heavy atom. The molecule has 8 nitrogen and oxygen atoms in total. The molecule has 0 atom stereocenters.